The van der Waals surface area contributed by atoms with Crippen LogP contribution in [0.4, 0.5) is 5.69 Å². The highest BCUT2D eigenvalue weighted by Gasteiger charge is 2.36. The van der Waals surface area contributed by atoms with E-state index < -0.39 is 0 Å². The molecule has 0 N–H and O–H groups in total. The molecule has 0 radical (unpaired) electrons. The third kappa shape index (κ3) is 2.89. The van der Waals surface area contributed by atoms with Crippen LogP contribution >= 0.6 is 23.1 Å². The predicted octanol–water partition coefficient (Wildman–Crippen LogP) is 4.78. The Morgan fingerprint density at radius 2 is 1.68 bits per heavy atom. The first-order valence-corrected chi connectivity index (χ1v) is 10.4. The third-order valence-electron chi connectivity index (χ3n) is 4.47. The van der Waals surface area contributed by atoms with Crippen molar-refractivity contribution >= 4 is 50.8 Å². The first-order valence-electron chi connectivity index (χ1n) is 8.62. The van der Waals surface area contributed by atoms with Crippen molar-refractivity contribution in [2.45, 2.75) is 10.1 Å². The van der Waals surface area contributed by atoms with Gasteiger partial charge in [-0.05, 0) is 42.5 Å². The Bertz CT molecular complexity index is 1190. The maximum atomic E-state index is 12.7. The van der Waals surface area contributed by atoms with Gasteiger partial charge in [0, 0.05) is 11.9 Å². The number of thioether (sulfide) groups is 1. The van der Waals surface area contributed by atoms with Gasteiger partial charge in [-0.2, -0.15) is 0 Å². The molecule has 1 aliphatic rings. The number of anilines is 1. The molecule has 0 saturated heterocycles. The van der Waals surface area contributed by atoms with Crippen molar-refractivity contribution in [2.24, 2.45) is 0 Å². The molecule has 3 heterocycles. The smallest absolute Gasteiger partial charge is 0.266 e. The summed E-state index contributed by atoms with van der Waals surface area (Å²) >= 11 is 3.18. The molecule has 0 aliphatic carbocycles. The molecule has 5 nitrogen and oxygen atoms in total. The number of fused-ring (bicyclic) bond motifs is 2. The van der Waals surface area contributed by atoms with Crippen molar-refractivity contribution in [1.82, 2.24) is 9.97 Å². The van der Waals surface area contributed by atoms with Crippen LogP contribution in [0, 0.1) is 0 Å². The summed E-state index contributed by atoms with van der Waals surface area (Å²) in [5, 5.41) is 0. The first kappa shape index (κ1) is 17.1. The second-order valence-corrected chi connectivity index (χ2v) is 8.49. The normalized spacial score (nSPS) is 13.4. The van der Waals surface area contributed by atoms with Crippen LogP contribution in [0.15, 0.2) is 71.2 Å². The number of thiazole rings is 1. The monoisotopic (exact) mass is 403 g/mol. The van der Waals surface area contributed by atoms with Crippen LogP contribution in [-0.2, 0) is 5.75 Å². The average molecular weight is 403 g/mol. The molecule has 2 aromatic heterocycles. The number of aromatic nitrogens is 2. The maximum Gasteiger partial charge on any atom is 0.266 e. The number of hydrogen-bond acceptors (Lipinski definition) is 6. The molecule has 0 bridgehead atoms. The first-order chi connectivity index (χ1) is 13.7. The Hall–Kier alpha value is -3.03. The molecule has 1 aliphatic heterocycles. The number of pyridine rings is 1. The highest BCUT2D eigenvalue weighted by atomic mass is 32.2. The number of carbonyl (C=O) groups is 2. The van der Waals surface area contributed by atoms with Crippen LogP contribution < -0.4 is 4.90 Å². The van der Waals surface area contributed by atoms with Gasteiger partial charge in [0.15, 0.2) is 4.34 Å². The molecule has 0 saturated carbocycles. The lowest BCUT2D eigenvalue weighted by molar-refractivity contribution is 0.0926. The topological polar surface area (TPSA) is 63.2 Å². The number of benzene rings is 2. The van der Waals surface area contributed by atoms with E-state index in [1.807, 2.05) is 30.3 Å². The van der Waals surface area contributed by atoms with Crippen LogP contribution in [0.5, 0.6) is 0 Å². The largest absolute Gasteiger partial charge is 0.268 e. The fourth-order valence-electron chi connectivity index (χ4n) is 3.14. The quantitative estimate of drug-likeness (QED) is 0.362. The van der Waals surface area contributed by atoms with E-state index in [-0.39, 0.29) is 11.8 Å². The van der Waals surface area contributed by atoms with E-state index in [0.717, 1.165) is 26.0 Å². The van der Waals surface area contributed by atoms with Gasteiger partial charge in [0.05, 0.1) is 32.7 Å². The molecule has 7 heteroatoms. The van der Waals surface area contributed by atoms with Crippen molar-refractivity contribution < 1.29 is 9.59 Å². The molecule has 0 unspecified atom stereocenters. The minimum Gasteiger partial charge on any atom is -0.268 e. The van der Waals surface area contributed by atoms with Gasteiger partial charge in [0.1, 0.15) is 0 Å². The third-order valence-corrected chi connectivity index (χ3v) is 6.67. The molecule has 2 amide bonds. The summed E-state index contributed by atoms with van der Waals surface area (Å²) in [5.41, 5.74) is 3.32. The van der Waals surface area contributed by atoms with E-state index in [1.165, 1.54) is 4.90 Å². The minimum atomic E-state index is -0.283. The molecule has 28 heavy (non-hydrogen) atoms. The van der Waals surface area contributed by atoms with Gasteiger partial charge in [0.25, 0.3) is 11.8 Å². The fraction of sp³-hybridized carbons (Fsp3) is 0.0476. The van der Waals surface area contributed by atoms with Gasteiger partial charge >= 0.3 is 0 Å². The molecule has 4 aromatic rings. The second-order valence-electron chi connectivity index (χ2n) is 6.23. The Kier molecular flexibility index (Phi) is 4.18. The van der Waals surface area contributed by atoms with E-state index in [9.17, 15) is 9.59 Å². The van der Waals surface area contributed by atoms with E-state index >= 15 is 0 Å². The highest BCUT2D eigenvalue weighted by molar-refractivity contribution is 8.00. The maximum absolute atomic E-state index is 12.7. The Morgan fingerprint density at radius 1 is 0.929 bits per heavy atom. The van der Waals surface area contributed by atoms with Crippen LogP contribution in [0.1, 0.15) is 26.4 Å². The molecule has 0 spiro atoms. The zero-order valence-electron chi connectivity index (χ0n) is 14.5. The Morgan fingerprint density at radius 3 is 2.39 bits per heavy atom. The summed E-state index contributed by atoms with van der Waals surface area (Å²) in [7, 11) is 0. The zero-order chi connectivity index (χ0) is 19.1. The molecule has 136 valence electrons. The summed E-state index contributed by atoms with van der Waals surface area (Å²) in [6, 6.07) is 18.3. The van der Waals surface area contributed by atoms with Crippen molar-refractivity contribution in [3.8, 4) is 0 Å². The van der Waals surface area contributed by atoms with Crippen LogP contribution in [0.25, 0.3) is 10.2 Å². The molecule has 0 atom stereocenters. The lowest BCUT2D eigenvalue weighted by Crippen LogP contribution is -2.29. The van der Waals surface area contributed by atoms with Crippen LogP contribution in [0.2, 0.25) is 0 Å². The van der Waals surface area contributed by atoms with Gasteiger partial charge in [-0.25, -0.2) is 9.88 Å². The number of nitrogens with zero attached hydrogens (tertiary/aromatic N) is 3. The fourth-order valence-corrected chi connectivity index (χ4v) is 5.15. The standard InChI is InChI=1S/C21H13N3O2S2/c25-19-15-6-1-2-7-16(15)20(26)24(19)14-8-9-17-18(11-14)28-21(23-17)27-12-13-5-3-4-10-22-13/h1-11H,12H2. The van der Waals surface area contributed by atoms with Crippen molar-refractivity contribution in [2.75, 3.05) is 4.90 Å². The summed E-state index contributed by atoms with van der Waals surface area (Å²) in [6.45, 7) is 0. The predicted molar refractivity (Wildman–Crippen MR) is 111 cm³/mol. The van der Waals surface area contributed by atoms with Crippen LogP contribution in [-0.4, -0.2) is 21.8 Å². The summed E-state index contributed by atoms with van der Waals surface area (Å²) < 4.78 is 1.87. The average Bonchev–Trinajstić information content (AvgIpc) is 3.25. The number of carbonyl (C=O) groups excluding carboxylic acids is 2. The van der Waals surface area contributed by atoms with Gasteiger partial charge in [-0.3, -0.25) is 14.6 Å². The van der Waals surface area contributed by atoms with Crippen molar-refractivity contribution in [1.29, 1.82) is 0 Å². The van der Waals surface area contributed by atoms with E-state index in [4.69, 9.17) is 0 Å². The molecular weight excluding hydrogens is 390 g/mol. The van der Waals surface area contributed by atoms with Gasteiger partial charge in [0.2, 0.25) is 0 Å². The summed E-state index contributed by atoms with van der Waals surface area (Å²) in [6.07, 6.45) is 1.78. The van der Waals surface area contributed by atoms with E-state index in [0.29, 0.717) is 16.8 Å². The van der Waals surface area contributed by atoms with E-state index in [2.05, 4.69) is 9.97 Å². The molecule has 0 fully saturated rings. The van der Waals surface area contributed by atoms with Crippen molar-refractivity contribution in [3.63, 3.8) is 0 Å². The molecule has 5 rings (SSSR count). The SMILES string of the molecule is O=C1c2ccccc2C(=O)N1c1ccc2nc(SCc3ccccn3)sc2c1. The van der Waals surface area contributed by atoms with Crippen LogP contribution in [0.3, 0.4) is 0 Å². The summed E-state index contributed by atoms with van der Waals surface area (Å²) in [5.74, 6) is 0.176. The van der Waals surface area contributed by atoms with Gasteiger partial charge in [-0.1, -0.05) is 30.0 Å². The summed E-state index contributed by atoms with van der Waals surface area (Å²) in [4.78, 5) is 35.6. The highest BCUT2D eigenvalue weighted by Crippen LogP contribution is 2.35. The minimum absolute atomic E-state index is 0.283. The molecule has 2 aromatic carbocycles. The zero-order valence-corrected chi connectivity index (χ0v) is 16.2. The number of hydrogen-bond donors (Lipinski definition) is 0. The van der Waals surface area contributed by atoms with Gasteiger partial charge in [-0.15, -0.1) is 11.3 Å². The molecular formula is C21H13N3O2S2. The lowest BCUT2D eigenvalue weighted by Gasteiger charge is -2.13. The lowest BCUT2D eigenvalue weighted by atomic mass is 10.1. The van der Waals surface area contributed by atoms with Crippen molar-refractivity contribution in [3.05, 3.63) is 83.7 Å². The Balaban J connectivity index is 1.43. The van der Waals surface area contributed by atoms with E-state index in [1.54, 1.807) is 59.6 Å². The Labute approximate surface area is 169 Å². The number of rotatable bonds is 4. The van der Waals surface area contributed by atoms with Gasteiger partial charge < -0.3 is 0 Å². The second kappa shape index (κ2) is 6.85. The number of amides is 2. The number of imide groups is 1.